The van der Waals surface area contributed by atoms with Gasteiger partial charge in [0.05, 0.1) is 22.8 Å². The summed E-state index contributed by atoms with van der Waals surface area (Å²) in [4.78, 5) is 23.6. The molecule has 24 heavy (non-hydrogen) atoms. The Morgan fingerprint density at radius 2 is 1.88 bits per heavy atom. The van der Waals surface area contributed by atoms with Gasteiger partial charge in [0.25, 0.3) is 11.8 Å². The molecule has 2 N–H and O–H groups in total. The van der Waals surface area contributed by atoms with Gasteiger partial charge < -0.3 is 5.32 Å². The van der Waals surface area contributed by atoms with E-state index in [2.05, 4.69) is 31.8 Å². The molecule has 0 bridgehead atoms. The molecule has 2 amide bonds. The van der Waals surface area contributed by atoms with Crippen LogP contribution in [0.1, 0.15) is 15.9 Å². The van der Waals surface area contributed by atoms with E-state index < -0.39 is 11.8 Å². The molecule has 2 aromatic rings. The van der Waals surface area contributed by atoms with Gasteiger partial charge in [-0.15, -0.1) is 0 Å². The van der Waals surface area contributed by atoms with Gasteiger partial charge in [-0.3, -0.25) is 9.59 Å². The van der Waals surface area contributed by atoms with Crippen molar-refractivity contribution in [3.63, 3.8) is 0 Å². The molecule has 0 heterocycles. The lowest BCUT2D eigenvalue weighted by Gasteiger charge is -2.05. The maximum atomic E-state index is 11.9. The molecule has 124 valence electrons. The Hall–Kier alpha value is -1.89. The Kier molecular flexibility index (Phi) is 6.78. The van der Waals surface area contributed by atoms with Crippen molar-refractivity contribution in [2.45, 2.75) is 0 Å². The third-order valence-corrected chi connectivity index (χ3v) is 4.35. The predicted molar refractivity (Wildman–Crippen MR) is 98.7 cm³/mol. The quantitative estimate of drug-likeness (QED) is 0.563. The van der Waals surface area contributed by atoms with Gasteiger partial charge >= 0.3 is 0 Å². The molecule has 8 heteroatoms. The number of hydrogen-bond donors (Lipinski definition) is 2. The van der Waals surface area contributed by atoms with E-state index in [9.17, 15) is 9.59 Å². The van der Waals surface area contributed by atoms with Crippen LogP contribution in [0.15, 0.2) is 52.0 Å². The number of carbonyl (C=O) groups is 2. The van der Waals surface area contributed by atoms with Crippen molar-refractivity contribution in [3.8, 4) is 0 Å². The number of amides is 2. The summed E-state index contributed by atoms with van der Waals surface area (Å²) in [5.74, 6) is -0.884. The van der Waals surface area contributed by atoms with E-state index in [0.29, 0.717) is 10.6 Å². The number of carbonyl (C=O) groups excluding carboxylic acids is 2. The molecule has 0 spiro atoms. The third kappa shape index (κ3) is 5.33. The number of benzene rings is 2. The molecule has 0 fully saturated rings. The lowest BCUT2D eigenvalue weighted by Crippen LogP contribution is -2.34. The van der Waals surface area contributed by atoms with E-state index in [4.69, 9.17) is 23.2 Å². The van der Waals surface area contributed by atoms with Crippen LogP contribution in [0.2, 0.25) is 10.0 Å². The number of nitrogens with zero attached hydrogens (tertiary/aromatic N) is 1. The number of nitrogens with one attached hydrogen (secondary N) is 2. The van der Waals surface area contributed by atoms with Crippen LogP contribution in [-0.2, 0) is 4.79 Å². The zero-order chi connectivity index (χ0) is 17.5. The predicted octanol–water partition coefficient (Wildman–Crippen LogP) is 3.64. The van der Waals surface area contributed by atoms with Gasteiger partial charge in [0.15, 0.2) is 0 Å². The van der Waals surface area contributed by atoms with Crippen LogP contribution in [0.4, 0.5) is 0 Å². The molecule has 5 nitrogen and oxygen atoms in total. The Bertz CT molecular complexity index is 797. The summed E-state index contributed by atoms with van der Waals surface area (Å²) in [6, 6.07) is 11.9. The monoisotopic (exact) mass is 427 g/mol. The highest BCUT2D eigenvalue weighted by Gasteiger charge is 2.09. The van der Waals surface area contributed by atoms with Gasteiger partial charge in [-0.25, -0.2) is 5.43 Å². The first-order valence-electron chi connectivity index (χ1n) is 6.77. The Morgan fingerprint density at radius 3 is 2.58 bits per heavy atom. The second-order valence-electron chi connectivity index (χ2n) is 4.63. The van der Waals surface area contributed by atoms with Crippen LogP contribution < -0.4 is 10.7 Å². The summed E-state index contributed by atoms with van der Waals surface area (Å²) in [7, 11) is 0. The second-order valence-corrected chi connectivity index (χ2v) is 6.29. The maximum Gasteiger partial charge on any atom is 0.259 e. The van der Waals surface area contributed by atoms with Gasteiger partial charge in [-0.2, -0.15) is 5.10 Å². The van der Waals surface area contributed by atoms with E-state index in [1.54, 1.807) is 0 Å². The largest absolute Gasteiger partial charge is 0.343 e. The Morgan fingerprint density at radius 1 is 1.12 bits per heavy atom. The van der Waals surface area contributed by atoms with Gasteiger partial charge in [0.2, 0.25) is 0 Å². The molecule has 0 aliphatic heterocycles. The zero-order valence-corrected chi connectivity index (χ0v) is 15.3. The molecule has 2 rings (SSSR count). The molecule has 0 aromatic heterocycles. The Labute approximate surface area is 157 Å². The highest BCUT2D eigenvalue weighted by atomic mass is 79.9. The summed E-state index contributed by atoms with van der Waals surface area (Å²) >= 11 is 15.0. The second kappa shape index (κ2) is 8.82. The maximum absolute atomic E-state index is 11.9. The Balaban J connectivity index is 1.83. The van der Waals surface area contributed by atoms with Crippen LogP contribution in [-0.4, -0.2) is 24.6 Å². The fourth-order valence-electron chi connectivity index (χ4n) is 1.69. The van der Waals surface area contributed by atoms with E-state index >= 15 is 0 Å². The highest BCUT2D eigenvalue weighted by molar-refractivity contribution is 9.10. The summed E-state index contributed by atoms with van der Waals surface area (Å²) < 4.78 is 0.857. The highest BCUT2D eigenvalue weighted by Crippen LogP contribution is 2.22. The molecule has 0 aliphatic carbocycles. The SMILES string of the molecule is O=C(CNC(=O)c1ccc(Cl)c(Cl)c1)N/N=C\c1ccccc1Br. The van der Waals surface area contributed by atoms with Crippen molar-refractivity contribution in [2.24, 2.45) is 5.10 Å². The zero-order valence-electron chi connectivity index (χ0n) is 12.2. The first-order chi connectivity index (χ1) is 11.5. The number of rotatable bonds is 5. The van der Waals surface area contributed by atoms with Gasteiger partial charge in [-0.1, -0.05) is 57.3 Å². The van der Waals surface area contributed by atoms with Crippen LogP contribution in [0.25, 0.3) is 0 Å². The fraction of sp³-hybridized carbons (Fsp3) is 0.0625. The van der Waals surface area contributed by atoms with Crippen molar-refractivity contribution < 1.29 is 9.59 Å². The van der Waals surface area contributed by atoms with Crippen LogP contribution in [0.3, 0.4) is 0 Å². The van der Waals surface area contributed by atoms with Crippen LogP contribution in [0, 0.1) is 0 Å². The van der Waals surface area contributed by atoms with Crippen LogP contribution in [0.5, 0.6) is 0 Å². The molecule has 0 aliphatic rings. The van der Waals surface area contributed by atoms with Crippen molar-refractivity contribution in [3.05, 3.63) is 68.1 Å². The van der Waals surface area contributed by atoms with Gasteiger partial charge in [-0.05, 0) is 24.3 Å². The smallest absolute Gasteiger partial charge is 0.259 e. The summed E-state index contributed by atoms with van der Waals surface area (Å²) in [5, 5.41) is 6.93. The minimum Gasteiger partial charge on any atom is -0.343 e. The molecule has 0 unspecified atom stereocenters. The molecule has 2 aromatic carbocycles. The lowest BCUT2D eigenvalue weighted by molar-refractivity contribution is -0.120. The van der Waals surface area contributed by atoms with Gasteiger partial charge in [0, 0.05) is 15.6 Å². The van der Waals surface area contributed by atoms with Crippen molar-refractivity contribution in [2.75, 3.05) is 6.54 Å². The average Bonchev–Trinajstić information content (AvgIpc) is 2.57. The lowest BCUT2D eigenvalue weighted by atomic mass is 10.2. The summed E-state index contributed by atoms with van der Waals surface area (Å²) in [6.45, 7) is -0.216. The third-order valence-electron chi connectivity index (χ3n) is 2.89. The fourth-order valence-corrected chi connectivity index (χ4v) is 2.38. The van der Waals surface area contributed by atoms with E-state index in [1.807, 2.05) is 24.3 Å². The van der Waals surface area contributed by atoms with Gasteiger partial charge in [0.1, 0.15) is 0 Å². The number of hydrazone groups is 1. The van der Waals surface area contributed by atoms with E-state index in [0.717, 1.165) is 10.0 Å². The van der Waals surface area contributed by atoms with Crippen molar-refractivity contribution in [1.29, 1.82) is 0 Å². The molecular formula is C16H12BrCl2N3O2. The first kappa shape index (κ1) is 18.4. The summed E-state index contributed by atoms with van der Waals surface area (Å²) in [6.07, 6.45) is 1.50. The topological polar surface area (TPSA) is 70.6 Å². The number of hydrogen-bond acceptors (Lipinski definition) is 3. The minimum atomic E-state index is -0.452. The van der Waals surface area contributed by atoms with E-state index in [1.165, 1.54) is 24.4 Å². The van der Waals surface area contributed by atoms with Crippen LogP contribution >= 0.6 is 39.1 Å². The molecular weight excluding hydrogens is 417 g/mol. The summed E-state index contributed by atoms with van der Waals surface area (Å²) in [5.41, 5.74) is 3.46. The average molecular weight is 429 g/mol. The molecule has 0 atom stereocenters. The number of halogens is 3. The minimum absolute atomic E-state index is 0.216. The van der Waals surface area contributed by atoms with Crippen molar-refractivity contribution >= 4 is 57.2 Å². The molecule has 0 radical (unpaired) electrons. The standard InChI is InChI=1S/C16H12BrCl2N3O2/c17-12-4-2-1-3-11(12)8-21-22-15(23)9-20-16(24)10-5-6-13(18)14(19)7-10/h1-8H,9H2,(H,20,24)(H,22,23)/b21-8-. The first-order valence-corrected chi connectivity index (χ1v) is 8.32. The molecule has 0 saturated carbocycles. The normalized spacial score (nSPS) is 10.6. The van der Waals surface area contributed by atoms with Crippen molar-refractivity contribution in [1.82, 2.24) is 10.7 Å². The van der Waals surface area contributed by atoms with E-state index in [-0.39, 0.29) is 11.6 Å². The molecule has 0 saturated heterocycles.